The number of carboxylic acid groups (broad SMARTS) is 1. The van der Waals surface area contributed by atoms with Crippen LogP contribution in [0.4, 0.5) is 0 Å². The van der Waals surface area contributed by atoms with Crippen molar-refractivity contribution in [2.75, 3.05) is 0 Å². The summed E-state index contributed by atoms with van der Waals surface area (Å²) in [6, 6.07) is 0. The predicted molar refractivity (Wildman–Crippen MR) is 66.4 cm³/mol. The average molecular weight is 268 g/mol. The zero-order valence-electron chi connectivity index (χ0n) is 10.9. The number of carboxylic acids is 1. The summed E-state index contributed by atoms with van der Waals surface area (Å²) in [6.07, 6.45) is 1.17. The zero-order chi connectivity index (χ0) is 13.6. The quantitative estimate of drug-likeness (QED) is 0.685. The summed E-state index contributed by atoms with van der Waals surface area (Å²) < 4.78 is 5.33. The molecule has 4 N–H and O–H groups in total. The topological polar surface area (TPSA) is 115 Å². The molecule has 0 radical (unpaired) electrons. The first kappa shape index (κ1) is 15.0. The standard InChI is InChI=1S/C13H14O5.H2O/c1-5-7(3)18-4-8-9(5)6(2)11(14)10(12(8)15)13(16)17;/h4-5,7,14H,1-3H3,(H,16,17);1H2/t5-,7-;/m1./s1. The first-order valence-corrected chi connectivity index (χ1v) is 5.64. The molecular formula is C13H16O6. The van der Waals surface area contributed by atoms with Gasteiger partial charge < -0.3 is 20.4 Å². The number of carbonyl (C=O) groups is 2. The minimum absolute atomic E-state index is 0. The van der Waals surface area contributed by atoms with Crippen LogP contribution in [0, 0.1) is 5.92 Å². The molecule has 0 amide bonds. The molecule has 0 fully saturated rings. The van der Waals surface area contributed by atoms with E-state index < -0.39 is 23.1 Å². The van der Waals surface area contributed by atoms with E-state index in [0.717, 1.165) is 0 Å². The Morgan fingerprint density at radius 1 is 1.37 bits per heavy atom. The third kappa shape index (κ3) is 2.04. The Labute approximate surface area is 110 Å². The van der Waals surface area contributed by atoms with Crippen LogP contribution in [0.5, 0.6) is 0 Å². The fourth-order valence-corrected chi connectivity index (χ4v) is 2.31. The van der Waals surface area contributed by atoms with Crippen molar-refractivity contribution in [2.24, 2.45) is 5.92 Å². The van der Waals surface area contributed by atoms with Crippen LogP contribution in [0.15, 0.2) is 34.3 Å². The van der Waals surface area contributed by atoms with E-state index in [9.17, 15) is 14.7 Å². The molecule has 0 aromatic carbocycles. The summed E-state index contributed by atoms with van der Waals surface area (Å²) >= 11 is 0. The minimum Gasteiger partial charge on any atom is -0.507 e. The number of allylic oxidation sites excluding steroid dienone is 2. The predicted octanol–water partition coefficient (Wildman–Crippen LogP) is 0.896. The van der Waals surface area contributed by atoms with Gasteiger partial charge in [-0.2, -0.15) is 0 Å². The monoisotopic (exact) mass is 268 g/mol. The number of aliphatic carboxylic acids is 1. The maximum absolute atomic E-state index is 12.0. The molecule has 2 rings (SSSR count). The van der Waals surface area contributed by atoms with E-state index in [-0.39, 0.29) is 23.1 Å². The molecule has 2 aliphatic rings. The van der Waals surface area contributed by atoms with Crippen molar-refractivity contribution in [1.29, 1.82) is 0 Å². The number of Topliss-reactive ketones (excluding diaryl/α,β-unsaturated/α-hetero) is 1. The smallest absolute Gasteiger partial charge is 0.343 e. The number of aliphatic hydroxyl groups excluding tert-OH is 1. The Morgan fingerprint density at radius 3 is 2.47 bits per heavy atom. The molecular weight excluding hydrogens is 252 g/mol. The fraction of sp³-hybridized carbons (Fsp3) is 0.385. The summed E-state index contributed by atoms with van der Waals surface area (Å²) in [4.78, 5) is 23.0. The maximum atomic E-state index is 12.0. The van der Waals surface area contributed by atoms with Crippen molar-refractivity contribution in [3.05, 3.63) is 34.3 Å². The number of hydrogen-bond donors (Lipinski definition) is 2. The molecule has 0 spiro atoms. The molecule has 1 aliphatic heterocycles. The van der Waals surface area contributed by atoms with Crippen molar-refractivity contribution in [1.82, 2.24) is 0 Å². The van der Waals surface area contributed by atoms with Crippen molar-refractivity contribution in [3.63, 3.8) is 0 Å². The van der Waals surface area contributed by atoms with Crippen molar-refractivity contribution in [2.45, 2.75) is 26.9 Å². The zero-order valence-corrected chi connectivity index (χ0v) is 10.9. The number of aliphatic hydroxyl groups is 1. The largest absolute Gasteiger partial charge is 0.507 e. The van der Waals surface area contributed by atoms with Crippen LogP contribution in [-0.2, 0) is 14.3 Å². The highest BCUT2D eigenvalue weighted by molar-refractivity contribution is 6.26. The molecule has 1 aliphatic carbocycles. The number of hydrogen-bond acceptors (Lipinski definition) is 4. The molecule has 6 nitrogen and oxygen atoms in total. The molecule has 0 saturated carbocycles. The second kappa shape index (κ2) is 4.89. The van der Waals surface area contributed by atoms with E-state index in [2.05, 4.69) is 0 Å². The van der Waals surface area contributed by atoms with Gasteiger partial charge in [-0.15, -0.1) is 0 Å². The summed E-state index contributed by atoms with van der Waals surface area (Å²) in [5, 5.41) is 18.8. The van der Waals surface area contributed by atoms with Crippen LogP contribution in [0.25, 0.3) is 0 Å². The van der Waals surface area contributed by atoms with E-state index in [1.807, 2.05) is 13.8 Å². The van der Waals surface area contributed by atoms with E-state index >= 15 is 0 Å². The lowest BCUT2D eigenvalue weighted by atomic mass is 9.78. The van der Waals surface area contributed by atoms with Crippen LogP contribution in [0.3, 0.4) is 0 Å². The van der Waals surface area contributed by atoms with Crippen LogP contribution in [0.1, 0.15) is 20.8 Å². The lowest BCUT2D eigenvalue weighted by Gasteiger charge is -2.32. The van der Waals surface area contributed by atoms with Crippen molar-refractivity contribution in [3.8, 4) is 0 Å². The Balaban J connectivity index is 0.00000180. The first-order valence-electron chi connectivity index (χ1n) is 5.64. The summed E-state index contributed by atoms with van der Waals surface area (Å²) in [5.74, 6) is -2.64. The lowest BCUT2D eigenvalue weighted by molar-refractivity contribution is -0.134. The van der Waals surface area contributed by atoms with Crippen LogP contribution < -0.4 is 0 Å². The van der Waals surface area contributed by atoms with Gasteiger partial charge in [0.2, 0.25) is 5.78 Å². The van der Waals surface area contributed by atoms with Gasteiger partial charge >= 0.3 is 5.97 Å². The van der Waals surface area contributed by atoms with Gasteiger partial charge in [0.1, 0.15) is 17.4 Å². The Hall–Kier alpha value is -2.08. The molecule has 1 heterocycles. The molecule has 0 bridgehead atoms. The number of rotatable bonds is 1. The van der Waals surface area contributed by atoms with Gasteiger partial charge in [-0.25, -0.2) is 4.79 Å². The third-order valence-electron chi connectivity index (χ3n) is 3.53. The van der Waals surface area contributed by atoms with Crippen LogP contribution in [0.2, 0.25) is 0 Å². The Kier molecular flexibility index (Phi) is 3.86. The molecule has 104 valence electrons. The van der Waals surface area contributed by atoms with Gasteiger partial charge in [-0.1, -0.05) is 6.92 Å². The number of ether oxygens (including phenoxy) is 1. The highest BCUT2D eigenvalue weighted by atomic mass is 16.5. The van der Waals surface area contributed by atoms with Crippen molar-refractivity contribution < 1.29 is 30.0 Å². The van der Waals surface area contributed by atoms with Crippen LogP contribution >= 0.6 is 0 Å². The van der Waals surface area contributed by atoms with Gasteiger partial charge in [-0.05, 0) is 25.0 Å². The van der Waals surface area contributed by atoms with Gasteiger partial charge in [0.15, 0.2) is 0 Å². The molecule has 0 aromatic heterocycles. The van der Waals surface area contributed by atoms with E-state index in [1.54, 1.807) is 6.92 Å². The molecule has 19 heavy (non-hydrogen) atoms. The van der Waals surface area contributed by atoms with E-state index in [0.29, 0.717) is 11.1 Å². The van der Waals surface area contributed by atoms with Gasteiger partial charge in [0.25, 0.3) is 0 Å². The second-order valence-corrected chi connectivity index (χ2v) is 4.56. The third-order valence-corrected chi connectivity index (χ3v) is 3.53. The minimum atomic E-state index is -1.43. The lowest BCUT2D eigenvalue weighted by Crippen LogP contribution is -2.32. The van der Waals surface area contributed by atoms with E-state index in [4.69, 9.17) is 9.84 Å². The number of fused-ring (bicyclic) bond motifs is 1. The summed E-state index contributed by atoms with van der Waals surface area (Å²) in [7, 11) is 0. The van der Waals surface area contributed by atoms with Crippen LogP contribution in [-0.4, -0.2) is 33.5 Å². The highest BCUT2D eigenvalue weighted by Gasteiger charge is 2.39. The second-order valence-electron chi connectivity index (χ2n) is 4.56. The SMILES string of the molecule is CC1=C2C(=CO[C@H](C)[C@H]2C)C(=O)C(C(=O)O)=C1O.O. The van der Waals surface area contributed by atoms with E-state index in [1.165, 1.54) is 6.26 Å². The summed E-state index contributed by atoms with van der Waals surface area (Å²) in [5.41, 5.74) is 0.739. The summed E-state index contributed by atoms with van der Waals surface area (Å²) in [6.45, 7) is 5.35. The normalized spacial score (nSPS) is 26.3. The molecule has 0 aromatic rings. The first-order chi connectivity index (χ1) is 8.36. The van der Waals surface area contributed by atoms with Crippen molar-refractivity contribution >= 4 is 11.8 Å². The molecule has 0 unspecified atom stereocenters. The number of ketones is 1. The Bertz CT molecular complexity index is 537. The highest BCUT2D eigenvalue weighted by Crippen LogP contribution is 2.39. The molecule has 2 atom stereocenters. The average Bonchev–Trinajstić information content (AvgIpc) is 2.29. The van der Waals surface area contributed by atoms with Gasteiger partial charge in [-0.3, -0.25) is 4.79 Å². The molecule has 0 saturated heterocycles. The van der Waals surface area contributed by atoms with Gasteiger partial charge in [0.05, 0.1) is 11.8 Å². The van der Waals surface area contributed by atoms with Gasteiger partial charge in [0, 0.05) is 5.92 Å². The Morgan fingerprint density at radius 2 is 1.95 bits per heavy atom. The molecule has 6 heteroatoms. The maximum Gasteiger partial charge on any atom is 0.343 e. The number of carbonyl (C=O) groups excluding carboxylic acids is 1. The fourth-order valence-electron chi connectivity index (χ4n) is 2.31.